The molecular weight excluding hydrogens is 974 g/mol. The quantitative estimate of drug-likeness (QED) is 0.164. The van der Waals surface area contributed by atoms with Crippen LogP contribution in [0, 0.1) is 0 Å². The Morgan fingerprint density at radius 1 is 0.425 bits per heavy atom. The molecule has 15 rings (SSSR count). The fraction of sp³-hybridized carbons (Fsp3) is 0.270. The second-order valence-corrected chi connectivity index (χ2v) is 27.2. The molecule has 0 N–H and O–H groups in total. The molecule has 1 aliphatic carbocycles. The Morgan fingerprint density at radius 3 is 1.64 bits per heavy atom. The van der Waals surface area contributed by atoms with Crippen LogP contribution < -0.4 is 31.1 Å². The summed E-state index contributed by atoms with van der Waals surface area (Å²) >= 11 is 0. The van der Waals surface area contributed by atoms with Crippen LogP contribution in [0.2, 0.25) is 0 Å². The van der Waals surface area contributed by atoms with Gasteiger partial charge in [-0.15, -0.1) is 0 Å². The first kappa shape index (κ1) is 49.1. The van der Waals surface area contributed by atoms with Crippen LogP contribution in [0.5, 0.6) is 0 Å². The summed E-state index contributed by atoms with van der Waals surface area (Å²) in [6, 6.07) is 66.8. The van der Waals surface area contributed by atoms with E-state index in [4.69, 9.17) is 8.83 Å². The van der Waals surface area contributed by atoms with Gasteiger partial charge in [0.2, 0.25) is 0 Å². The number of anilines is 8. The lowest BCUT2D eigenvalue weighted by molar-refractivity contribution is 0.195. The summed E-state index contributed by atoms with van der Waals surface area (Å²) in [5.41, 5.74) is 23.8. The fourth-order valence-electron chi connectivity index (χ4n) is 14.9. The van der Waals surface area contributed by atoms with E-state index >= 15 is 0 Å². The lowest BCUT2D eigenvalue weighted by atomic mass is 9.33. The highest BCUT2D eigenvalue weighted by atomic mass is 16.3. The SMILES string of the molecule is CC(C)(C)c1ccc2c(c1)B1c3c(cc(N4c5ccc(C(C)(C)C)cc5C5(C)CCCCC45C)cc3N2c2cccc3c2oc2ccccc23)N(c2ccc(C(C)(C)C)cc2-c2ccccc2)c2ccc3c(oc4ccccc43)c21. The van der Waals surface area contributed by atoms with E-state index in [0.717, 1.165) is 85.2 Å². The minimum atomic E-state index is -0.219. The second-order valence-electron chi connectivity index (χ2n) is 27.2. The lowest BCUT2D eigenvalue weighted by Gasteiger charge is -2.51. The third-order valence-electron chi connectivity index (χ3n) is 19.5. The van der Waals surface area contributed by atoms with Gasteiger partial charge in [-0.05, 0) is 147 Å². The molecule has 1 fully saturated rings. The summed E-state index contributed by atoms with van der Waals surface area (Å²) in [6.07, 6.45) is 4.62. The lowest BCUT2D eigenvalue weighted by Crippen LogP contribution is -2.62. The summed E-state index contributed by atoms with van der Waals surface area (Å²) < 4.78 is 14.5. The van der Waals surface area contributed by atoms with Gasteiger partial charge in [0.1, 0.15) is 16.7 Å². The van der Waals surface area contributed by atoms with Gasteiger partial charge in [0.05, 0.1) is 16.9 Å². The van der Waals surface area contributed by atoms with E-state index in [1.807, 2.05) is 0 Å². The highest BCUT2D eigenvalue weighted by Gasteiger charge is 2.58. The molecule has 0 bridgehead atoms. The first-order chi connectivity index (χ1) is 38.3. The molecule has 0 amide bonds. The van der Waals surface area contributed by atoms with Gasteiger partial charge in [-0.1, -0.05) is 191 Å². The Morgan fingerprint density at radius 2 is 0.963 bits per heavy atom. The highest BCUT2D eigenvalue weighted by Crippen LogP contribution is 2.63. The largest absolute Gasteiger partial charge is 0.457 e. The van der Waals surface area contributed by atoms with Gasteiger partial charge in [-0.2, -0.15) is 0 Å². The number of para-hydroxylation sites is 3. The maximum atomic E-state index is 7.34. The highest BCUT2D eigenvalue weighted by molar-refractivity contribution is 7.01. The van der Waals surface area contributed by atoms with Crippen molar-refractivity contribution in [3.8, 4) is 11.1 Å². The van der Waals surface area contributed by atoms with Crippen molar-refractivity contribution in [1.82, 2.24) is 0 Å². The number of rotatable bonds is 4. The molecule has 5 heterocycles. The molecule has 0 radical (unpaired) electrons. The van der Waals surface area contributed by atoms with Gasteiger partial charge in [0, 0.05) is 66.6 Å². The van der Waals surface area contributed by atoms with Crippen molar-refractivity contribution in [2.45, 2.75) is 129 Å². The van der Waals surface area contributed by atoms with Gasteiger partial charge in [-0.3, -0.25) is 0 Å². The average Bonchev–Trinajstić information content (AvgIpc) is 2.01. The molecule has 11 aromatic rings. The number of benzene rings is 9. The van der Waals surface area contributed by atoms with Gasteiger partial charge in [0.25, 0.3) is 6.71 Å². The van der Waals surface area contributed by atoms with E-state index in [1.54, 1.807) is 0 Å². The summed E-state index contributed by atoms with van der Waals surface area (Å²) in [5.74, 6) is 0. The van der Waals surface area contributed by atoms with Crippen LogP contribution in [0.15, 0.2) is 185 Å². The number of hydrogen-bond acceptors (Lipinski definition) is 5. The third-order valence-corrected chi connectivity index (χ3v) is 19.5. The van der Waals surface area contributed by atoms with Crippen molar-refractivity contribution < 1.29 is 8.83 Å². The van der Waals surface area contributed by atoms with Crippen molar-refractivity contribution in [3.05, 3.63) is 198 Å². The van der Waals surface area contributed by atoms with E-state index in [2.05, 4.69) is 267 Å². The molecule has 2 atom stereocenters. The van der Waals surface area contributed by atoms with Gasteiger partial charge >= 0.3 is 0 Å². The van der Waals surface area contributed by atoms with Crippen LogP contribution in [0.25, 0.3) is 55.0 Å². The predicted octanol–water partition coefficient (Wildman–Crippen LogP) is 18.9. The second kappa shape index (κ2) is 16.8. The van der Waals surface area contributed by atoms with Crippen LogP contribution in [-0.4, -0.2) is 12.3 Å². The third kappa shape index (κ3) is 6.90. The zero-order valence-corrected chi connectivity index (χ0v) is 48.3. The van der Waals surface area contributed by atoms with E-state index in [9.17, 15) is 0 Å². The van der Waals surface area contributed by atoms with Crippen molar-refractivity contribution in [1.29, 1.82) is 0 Å². The predicted molar refractivity (Wildman–Crippen MR) is 339 cm³/mol. The van der Waals surface area contributed by atoms with E-state index in [0.29, 0.717) is 0 Å². The molecule has 0 saturated heterocycles. The molecule has 3 aliphatic heterocycles. The number of hydrogen-bond donors (Lipinski definition) is 0. The molecule has 1 saturated carbocycles. The van der Waals surface area contributed by atoms with Crippen molar-refractivity contribution in [2.24, 2.45) is 0 Å². The Kier molecular flexibility index (Phi) is 10.3. The van der Waals surface area contributed by atoms with Crippen LogP contribution in [0.3, 0.4) is 0 Å². The Labute approximate surface area is 471 Å². The topological polar surface area (TPSA) is 36.0 Å². The van der Waals surface area contributed by atoms with Crippen molar-refractivity contribution >= 4 is 112 Å². The smallest absolute Gasteiger partial charge is 0.257 e. The number of furan rings is 2. The normalized spacial score (nSPS) is 18.7. The van der Waals surface area contributed by atoms with Gasteiger partial charge in [0.15, 0.2) is 5.58 Å². The summed E-state index contributed by atoms with van der Waals surface area (Å²) in [7, 11) is 0. The molecular formula is C74H70BN3O2. The molecule has 0 spiro atoms. The Bertz CT molecular complexity index is 4390. The minimum absolute atomic E-state index is 0.00541. The zero-order chi connectivity index (χ0) is 55.0. The standard InChI is InChI=1S/C74H70BN3O2/c1-70(2,3)46-30-34-57(54(40-46)45-22-13-12-14-23-45)76-60-37-33-53-51-25-16-18-29-65(51)80-69(53)67(60)75-56-42-48(72(7,8)9)32-36-59(56)77(61-27-21-26-52-50-24-15-17-28-64(50)79-68(52)61)63-44-49(43-62(76)66(63)75)78-58-35-31-47(71(4,5)6)41-55(58)73(10)38-19-20-39-74(73,78)11/h12-18,21-37,40-44H,19-20,38-39H2,1-11H3. The Balaban J connectivity index is 1.13. The Hall–Kier alpha value is -7.96. The molecule has 2 aromatic heterocycles. The van der Waals surface area contributed by atoms with Gasteiger partial charge in [-0.25, -0.2) is 0 Å². The molecule has 4 aliphatic rings. The van der Waals surface area contributed by atoms with Crippen LogP contribution in [0.1, 0.15) is 124 Å². The maximum absolute atomic E-state index is 7.34. The molecule has 9 aromatic carbocycles. The molecule has 396 valence electrons. The van der Waals surface area contributed by atoms with Crippen LogP contribution >= 0.6 is 0 Å². The summed E-state index contributed by atoms with van der Waals surface area (Å²) in [6.45, 7) is 26.0. The van der Waals surface area contributed by atoms with E-state index < -0.39 is 0 Å². The molecule has 2 unspecified atom stereocenters. The van der Waals surface area contributed by atoms with E-state index in [1.165, 1.54) is 79.7 Å². The maximum Gasteiger partial charge on any atom is 0.257 e. The van der Waals surface area contributed by atoms with E-state index in [-0.39, 0.29) is 33.9 Å². The monoisotopic (exact) mass is 1040 g/mol. The fourth-order valence-corrected chi connectivity index (χ4v) is 14.9. The van der Waals surface area contributed by atoms with Crippen LogP contribution in [0.4, 0.5) is 45.5 Å². The first-order valence-corrected chi connectivity index (χ1v) is 29.2. The summed E-state index contributed by atoms with van der Waals surface area (Å²) in [4.78, 5) is 8.02. The molecule has 80 heavy (non-hydrogen) atoms. The average molecular weight is 1040 g/mol. The van der Waals surface area contributed by atoms with Crippen molar-refractivity contribution in [2.75, 3.05) is 14.7 Å². The first-order valence-electron chi connectivity index (χ1n) is 29.2. The number of nitrogens with zero attached hydrogens (tertiary/aromatic N) is 3. The van der Waals surface area contributed by atoms with Crippen LogP contribution in [-0.2, 0) is 21.7 Å². The van der Waals surface area contributed by atoms with Crippen molar-refractivity contribution in [3.63, 3.8) is 0 Å². The molecule has 6 heteroatoms. The summed E-state index contributed by atoms with van der Waals surface area (Å²) in [5, 5.41) is 4.48. The van der Waals surface area contributed by atoms with Gasteiger partial charge < -0.3 is 23.5 Å². The minimum Gasteiger partial charge on any atom is -0.457 e. The zero-order valence-electron chi connectivity index (χ0n) is 48.3. The number of fused-ring (bicyclic) bond motifs is 14. The molecule has 5 nitrogen and oxygen atoms in total.